The lowest BCUT2D eigenvalue weighted by Crippen LogP contribution is -2.50. The van der Waals surface area contributed by atoms with Crippen LogP contribution < -0.4 is 5.73 Å². The zero-order valence-corrected chi connectivity index (χ0v) is 13.0. The van der Waals surface area contributed by atoms with Crippen LogP contribution in [-0.4, -0.2) is 48.6 Å². The van der Waals surface area contributed by atoms with E-state index in [1.807, 2.05) is 0 Å². The van der Waals surface area contributed by atoms with Crippen LogP contribution in [0.25, 0.3) is 0 Å². The average molecular weight is 275 g/mol. The van der Waals surface area contributed by atoms with Crippen molar-refractivity contribution in [2.24, 2.45) is 11.7 Å². The van der Waals surface area contributed by atoms with Crippen molar-refractivity contribution in [3.63, 3.8) is 0 Å². The van der Waals surface area contributed by atoms with Gasteiger partial charge in [-0.25, -0.2) is 0 Å². The SMILES string of the molecule is CCN1CCC(N)C(CN(CC)Cc2ccccc2)C1. The summed E-state index contributed by atoms with van der Waals surface area (Å²) in [5.74, 6) is 0.604. The topological polar surface area (TPSA) is 32.5 Å². The molecule has 1 aliphatic heterocycles. The Bertz CT molecular complexity index is 379. The predicted octanol–water partition coefficient (Wildman–Crippen LogP) is 2.18. The summed E-state index contributed by atoms with van der Waals surface area (Å²) in [5, 5.41) is 0. The quantitative estimate of drug-likeness (QED) is 0.863. The maximum absolute atomic E-state index is 6.34. The largest absolute Gasteiger partial charge is 0.327 e. The van der Waals surface area contributed by atoms with Crippen LogP contribution in [0.4, 0.5) is 0 Å². The molecule has 0 radical (unpaired) electrons. The van der Waals surface area contributed by atoms with Gasteiger partial charge in [-0.05, 0) is 37.5 Å². The summed E-state index contributed by atoms with van der Waals surface area (Å²) in [4.78, 5) is 5.06. The molecule has 0 bridgehead atoms. The number of benzene rings is 1. The standard InChI is InChI=1S/C17H29N3/c1-3-19-11-10-17(18)16(13-19)14-20(4-2)12-15-8-6-5-7-9-15/h5-9,16-17H,3-4,10-14,18H2,1-2H3. The van der Waals surface area contributed by atoms with Crippen molar-refractivity contribution in [3.8, 4) is 0 Å². The molecule has 1 saturated heterocycles. The Morgan fingerprint density at radius 2 is 2.00 bits per heavy atom. The van der Waals surface area contributed by atoms with Crippen molar-refractivity contribution in [1.29, 1.82) is 0 Å². The summed E-state index contributed by atoms with van der Waals surface area (Å²) in [6.07, 6.45) is 1.14. The third kappa shape index (κ3) is 4.30. The number of hydrogen-bond acceptors (Lipinski definition) is 3. The molecule has 1 aromatic carbocycles. The van der Waals surface area contributed by atoms with Crippen molar-refractivity contribution in [3.05, 3.63) is 35.9 Å². The zero-order chi connectivity index (χ0) is 14.4. The highest BCUT2D eigenvalue weighted by atomic mass is 15.2. The molecular formula is C17H29N3. The van der Waals surface area contributed by atoms with Gasteiger partial charge in [0.25, 0.3) is 0 Å². The molecule has 2 rings (SSSR count). The maximum Gasteiger partial charge on any atom is 0.0233 e. The second-order valence-electron chi connectivity index (χ2n) is 5.92. The van der Waals surface area contributed by atoms with Gasteiger partial charge in [-0.1, -0.05) is 44.2 Å². The molecule has 0 spiro atoms. The average Bonchev–Trinajstić information content (AvgIpc) is 2.49. The monoisotopic (exact) mass is 275 g/mol. The normalized spacial score (nSPS) is 24.2. The van der Waals surface area contributed by atoms with E-state index in [0.29, 0.717) is 12.0 Å². The van der Waals surface area contributed by atoms with Gasteiger partial charge >= 0.3 is 0 Å². The molecule has 2 N–H and O–H groups in total. The highest BCUT2D eigenvalue weighted by Crippen LogP contribution is 2.18. The van der Waals surface area contributed by atoms with Crippen LogP contribution in [0, 0.1) is 5.92 Å². The first kappa shape index (κ1) is 15.5. The Labute approximate surface area is 123 Å². The first-order chi connectivity index (χ1) is 9.72. The number of likely N-dealkylation sites (tertiary alicyclic amines) is 1. The smallest absolute Gasteiger partial charge is 0.0233 e. The summed E-state index contributed by atoms with van der Waals surface area (Å²) in [7, 11) is 0. The van der Waals surface area contributed by atoms with Gasteiger partial charge in [-0.15, -0.1) is 0 Å². The second-order valence-corrected chi connectivity index (χ2v) is 5.92. The van der Waals surface area contributed by atoms with Gasteiger partial charge < -0.3 is 10.6 Å². The molecule has 3 heteroatoms. The predicted molar refractivity (Wildman–Crippen MR) is 85.6 cm³/mol. The summed E-state index contributed by atoms with van der Waals surface area (Å²) < 4.78 is 0. The molecule has 0 aromatic heterocycles. The van der Waals surface area contributed by atoms with Crippen LogP contribution in [0.2, 0.25) is 0 Å². The van der Waals surface area contributed by atoms with E-state index in [0.717, 1.165) is 39.1 Å². The van der Waals surface area contributed by atoms with Crippen molar-refractivity contribution < 1.29 is 0 Å². The van der Waals surface area contributed by atoms with Gasteiger partial charge in [-0.2, -0.15) is 0 Å². The van der Waals surface area contributed by atoms with Gasteiger partial charge in [0, 0.05) is 25.7 Å². The molecule has 0 aliphatic carbocycles. The van der Waals surface area contributed by atoms with Crippen molar-refractivity contribution in [2.45, 2.75) is 32.9 Å². The van der Waals surface area contributed by atoms with E-state index in [9.17, 15) is 0 Å². The minimum Gasteiger partial charge on any atom is -0.327 e. The van der Waals surface area contributed by atoms with E-state index in [-0.39, 0.29) is 0 Å². The van der Waals surface area contributed by atoms with E-state index >= 15 is 0 Å². The molecule has 1 fully saturated rings. The third-order valence-corrected chi connectivity index (χ3v) is 4.51. The molecule has 3 nitrogen and oxygen atoms in total. The maximum atomic E-state index is 6.34. The van der Waals surface area contributed by atoms with E-state index in [2.05, 4.69) is 54.0 Å². The van der Waals surface area contributed by atoms with E-state index in [4.69, 9.17) is 5.73 Å². The fourth-order valence-electron chi connectivity index (χ4n) is 3.08. The lowest BCUT2D eigenvalue weighted by atomic mass is 9.92. The molecular weight excluding hydrogens is 246 g/mol. The van der Waals surface area contributed by atoms with Crippen LogP contribution in [0.1, 0.15) is 25.8 Å². The first-order valence-electron chi connectivity index (χ1n) is 7.97. The number of hydrogen-bond donors (Lipinski definition) is 1. The van der Waals surface area contributed by atoms with Gasteiger partial charge in [0.1, 0.15) is 0 Å². The van der Waals surface area contributed by atoms with Crippen LogP contribution in [-0.2, 0) is 6.54 Å². The van der Waals surface area contributed by atoms with Crippen LogP contribution in [0.5, 0.6) is 0 Å². The van der Waals surface area contributed by atoms with Crippen LogP contribution >= 0.6 is 0 Å². The van der Waals surface area contributed by atoms with Crippen LogP contribution in [0.3, 0.4) is 0 Å². The Balaban J connectivity index is 1.91. The number of piperidine rings is 1. The summed E-state index contributed by atoms with van der Waals surface area (Å²) >= 11 is 0. The Morgan fingerprint density at radius 1 is 1.25 bits per heavy atom. The highest BCUT2D eigenvalue weighted by Gasteiger charge is 2.27. The summed E-state index contributed by atoms with van der Waals surface area (Å²) in [5.41, 5.74) is 7.73. The molecule has 1 aromatic rings. The number of nitrogens with two attached hydrogens (primary N) is 1. The van der Waals surface area contributed by atoms with Crippen molar-refractivity contribution in [1.82, 2.24) is 9.80 Å². The van der Waals surface area contributed by atoms with Gasteiger partial charge in [0.05, 0.1) is 0 Å². The highest BCUT2D eigenvalue weighted by molar-refractivity contribution is 5.14. The van der Waals surface area contributed by atoms with Crippen LogP contribution in [0.15, 0.2) is 30.3 Å². The van der Waals surface area contributed by atoms with E-state index < -0.39 is 0 Å². The van der Waals surface area contributed by atoms with Crippen molar-refractivity contribution in [2.75, 3.05) is 32.7 Å². The molecule has 20 heavy (non-hydrogen) atoms. The van der Waals surface area contributed by atoms with Gasteiger partial charge in [0.2, 0.25) is 0 Å². The second kappa shape index (κ2) is 7.77. The summed E-state index contributed by atoms with van der Waals surface area (Å²) in [6.45, 7) is 11.2. The Morgan fingerprint density at radius 3 is 2.65 bits per heavy atom. The zero-order valence-electron chi connectivity index (χ0n) is 13.0. The first-order valence-corrected chi connectivity index (χ1v) is 7.97. The minimum atomic E-state index is 0.364. The number of nitrogens with zero attached hydrogens (tertiary/aromatic N) is 2. The van der Waals surface area contributed by atoms with Gasteiger partial charge in [0.15, 0.2) is 0 Å². The molecule has 1 aliphatic rings. The molecule has 0 saturated carbocycles. The Kier molecular flexibility index (Phi) is 6.02. The molecule has 1 heterocycles. The van der Waals surface area contributed by atoms with Crippen molar-refractivity contribution >= 4 is 0 Å². The Hall–Kier alpha value is -0.900. The summed E-state index contributed by atoms with van der Waals surface area (Å²) in [6, 6.07) is 11.1. The molecule has 2 unspecified atom stereocenters. The molecule has 0 amide bonds. The minimum absolute atomic E-state index is 0.364. The molecule has 112 valence electrons. The molecule has 2 atom stereocenters. The number of rotatable bonds is 6. The fraction of sp³-hybridized carbons (Fsp3) is 0.647. The lowest BCUT2D eigenvalue weighted by molar-refractivity contribution is 0.119. The van der Waals surface area contributed by atoms with E-state index in [1.54, 1.807) is 0 Å². The van der Waals surface area contributed by atoms with Gasteiger partial charge in [-0.3, -0.25) is 4.90 Å². The lowest BCUT2D eigenvalue weighted by Gasteiger charge is -2.38. The van der Waals surface area contributed by atoms with E-state index in [1.165, 1.54) is 12.1 Å². The fourth-order valence-corrected chi connectivity index (χ4v) is 3.08. The third-order valence-electron chi connectivity index (χ3n) is 4.51.